The third kappa shape index (κ3) is 2.89. The number of carbonyl (C=O) groups excluding carboxylic acids is 2. The Hall–Kier alpha value is -2.57. The SMILES string of the molecule is Cc1ccc(CN2C(=O)[C@@]3(SCC(=O)N3c3ccc(Br)cc3)c3ccccc32)cc1. The second-order valence-electron chi connectivity index (χ2n) is 7.53. The van der Waals surface area contributed by atoms with E-state index >= 15 is 0 Å². The Morgan fingerprint density at radius 1 is 0.967 bits per heavy atom. The zero-order valence-corrected chi connectivity index (χ0v) is 18.7. The molecule has 3 aromatic carbocycles. The van der Waals surface area contributed by atoms with Gasteiger partial charge >= 0.3 is 0 Å². The lowest BCUT2D eigenvalue weighted by Gasteiger charge is -2.33. The number of aryl methyl sites for hydroxylation is 1. The molecule has 6 heteroatoms. The van der Waals surface area contributed by atoms with Crippen molar-refractivity contribution in [2.24, 2.45) is 0 Å². The molecule has 1 saturated heterocycles. The Balaban J connectivity index is 1.62. The van der Waals surface area contributed by atoms with Crippen LogP contribution in [0.3, 0.4) is 0 Å². The highest BCUT2D eigenvalue weighted by atomic mass is 79.9. The van der Waals surface area contributed by atoms with Crippen LogP contribution in [0.4, 0.5) is 11.4 Å². The summed E-state index contributed by atoms with van der Waals surface area (Å²) < 4.78 is 0.929. The molecule has 0 bridgehead atoms. The van der Waals surface area contributed by atoms with Gasteiger partial charge in [0.05, 0.1) is 18.0 Å². The first-order valence-electron chi connectivity index (χ1n) is 9.70. The van der Waals surface area contributed by atoms with E-state index in [0.29, 0.717) is 6.54 Å². The number of rotatable bonds is 3. The number of thioether (sulfide) groups is 1. The van der Waals surface area contributed by atoms with Gasteiger partial charge < -0.3 is 4.90 Å². The normalized spacial score (nSPS) is 20.3. The van der Waals surface area contributed by atoms with Gasteiger partial charge in [0.2, 0.25) is 10.8 Å². The molecule has 2 aliphatic rings. The Labute approximate surface area is 188 Å². The molecule has 0 radical (unpaired) electrons. The zero-order chi connectivity index (χ0) is 20.9. The van der Waals surface area contributed by atoms with Crippen LogP contribution in [-0.2, 0) is 21.0 Å². The van der Waals surface area contributed by atoms with Crippen LogP contribution < -0.4 is 9.80 Å². The predicted octanol–water partition coefficient (Wildman–Crippen LogP) is 5.24. The summed E-state index contributed by atoms with van der Waals surface area (Å²) in [5, 5.41) is 0. The summed E-state index contributed by atoms with van der Waals surface area (Å²) in [6.45, 7) is 2.52. The van der Waals surface area contributed by atoms with Gasteiger partial charge in [-0.2, -0.15) is 0 Å². The predicted molar refractivity (Wildman–Crippen MR) is 125 cm³/mol. The van der Waals surface area contributed by atoms with Crippen molar-refractivity contribution in [1.82, 2.24) is 0 Å². The highest BCUT2D eigenvalue weighted by molar-refractivity contribution is 9.10. The van der Waals surface area contributed by atoms with E-state index < -0.39 is 4.87 Å². The third-order valence-corrected chi connectivity index (χ3v) is 7.52. The van der Waals surface area contributed by atoms with Gasteiger partial charge in [0.1, 0.15) is 0 Å². The first kappa shape index (κ1) is 19.4. The molecule has 0 aromatic heterocycles. The van der Waals surface area contributed by atoms with Crippen molar-refractivity contribution in [3.8, 4) is 0 Å². The van der Waals surface area contributed by atoms with Crippen LogP contribution in [0, 0.1) is 6.92 Å². The number of hydrogen-bond donors (Lipinski definition) is 0. The summed E-state index contributed by atoms with van der Waals surface area (Å²) in [6, 6.07) is 23.6. The third-order valence-electron chi connectivity index (χ3n) is 5.61. The fraction of sp³-hybridized carbons (Fsp3) is 0.167. The summed E-state index contributed by atoms with van der Waals surface area (Å²) in [5.74, 6) is 0.153. The van der Waals surface area contributed by atoms with Gasteiger partial charge in [-0.25, -0.2) is 0 Å². The Morgan fingerprint density at radius 2 is 1.67 bits per heavy atom. The molecule has 30 heavy (non-hydrogen) atoms. The molecule has 0 unspecified atom stereocenters. The van der Waals surface area contributed by atoms with Crippen LogP contribution >= 0.6 is 27.7 Å². The first-order valence-corrected chi connectivity index (χ1v) is 11.5. The summed E-state index contributed by atoms with van der Waals surface area (Å²) in [6.07, 6.45) is 0. The topological polar surface area (TPSA) is 40.6 Å². The highest BCUT2D eigenvalue weighted by Crippen LogP contribution is 2.55. The van der Waals surface area contributed by atoms with Gasteiger partial charge in [0, 0.05) is 15.7 Å². The van der Waals surface area contributed by atoms with Crippen LogP contribution in [0.15, 0.2) is 77.3 Å². The quantitative estimate of drug-likeness (QED) is 0.516. The van der Waals surface area contributed by atoms with Gasteiger partial charge in [0.15, 0.2) is 0 Å². The smallest absolute Gasteiger partial charge is 0.269 e. The van der Waals surface area contributed by atoms with Crippen molar-refractivity contribution in [2.75, 3.05) is 15.6 Å². The maximum Gasteiger partial charge on any atom is 0.269 e. The molecule has 0 N–H and O–H groups in total. The monoisotopic (exact) mass is 478 g/mol. The molecule has 150 valence electrons. The van der Waals surface area contributed by atoms with Crippen molar-refractivity contribution < 1.29 is 9.59 Å². The van der Waals surface area contributed by atoms with Gasteiger partial charge in [-0.05, 0) is 42.8 Å². The summed E-state index contributed by atoms with van der Waals surface area (Å²) >= 11 is 4.86. The molecular formula is C24H19BrN2O2S. The minimum Gasteiger partial charge on any atom is -0.304 e. The molecule has 0 saturated carbocycles. The van der Waals surface area contributed by atoms with Gasteiger partial charge in [-0.15, -0.1) is 11.8 Å². The fourth-order valence-electron chi connectivity index (χ4n) is 4.18. The number of nitrogens with zero attached hydrogens (tertiary/aromatic N) is 2. The molecule has 1 fully saturated rings. The minimum absolute atomic E-state index is 0.0531. The molecule has 4 nitrogen and oxygen atoms in total. The largest absolute Gasteiger partial charge is 0.304 e. The van der Waals surface area contributed by atoms with Gasteiger partial charge in [-0.1, -0.05) is 64.0 Å². The van der Waals surface area contributed by atoms with Crippen LogP contribution in [0.1, 0.15) is 16.7 Å². The molecule has 2 aliphatic heterocycles. The van der Waals surface area contributed by atoms with Crippen molar-refractivity contribution in [1.29, 1.82) is 0 Å². The summed E-state index contributed by atoms with van der Waals surface area (Å²) in [4.78, 5) is 29.4. The maximum atomic E-state index is 14.0. The fourth-order valence-corrected chi connectivity index (χ4v) is 5.80. The molecule has 5 rings (SSSR count). The van der Waals surface area contributed by atoms with E-state index in [1.165, 1.54) is 17.3 Å². The van der Waals surface area contributed by atoms with E-state index in [9.17, 15) is 9.59 Å². The lowest BCUT2D eigenvalue weighted by Crippen LogP contribution is -2.49. The van der Waals surface area contributed by atoms with Crippen molar-refractivity contribution in [3.05, 3.63) is 94.0 Å². The van der Waals surface area contributed by atoms with E-state index in [1.807, 2.05) is 60.4 Å². The first-order chi connectivity index (χ1) is 14.5. The molecular weight excluding hydrogens is 460 g/mol. The van der Waals surface area contributed by atoms with E-state index in [4.69, 9.17) is 0 Å². The van der Waals surface area contributed by atoms with Crippen molar-refractivity contribution in [2.45, 2.75) is 18.3 Å². The van der Waals surface area contributed by atoms with Crippen LogP contribution in [0.2, 0.25) is 0 Å². The molecule has 1 atom stereocenters. The lowest BCUT2D eigenvalue weighted by atomic mass is 10.0. The summed E-state index contributed by atoms with van der Waals surface area (Å²) in [5.41, 5.74) is 4.72. The van der Waals surface area contributed by atoms with E-state index in [-0.39, 0.29) is 17.6 Å². The number of benzene rings is 3. The number of amides is 2. The minimum atomic E-state index is -1.06. The number of fused-ring (bicyclic) bond motifs is 2. The lowest BCUT2D eigenvalue weighted by molar-refractivity contribution is -0.123. The highest BCUT2D eigenvalue weighted by Gasteiger charge is 2.60. The van der Waals surface area contributed by atoms with Crippen molar-refractivity contribution in [3.63, 3.8) is 0 Å². The standard InChI is InChI=1S/C24H19BrN2O2S/c1-16-6-8-17(9-7-16)14-26-21-5-3-2-4-20(21)24(23(26)29)27(22(28)15-30-24)19-12-10-18(25)11-13-19/h2-13H,14-15H2,1H3/t24-/m0/s1. The summed E-state index contributed by atoms with van der Waals surface area (Å²) in [7, 11) is 0. The zero-order valence-electron chi connectivity index (χ0n) is 16.3. The second kappa shape index (κ2) is 7.29. The molecule has 2 heterocycles. The van der Waals surface area contributed by atoms with Crippen LogP contribution in [-0.4, -0.2) is 17.6 Å². The van der Waals surface area contributed by atoms with E-state index in [1.54, 1.807) is 4.90 Å². The number of halogens is 1. The maximum absolute atomic E-state index is 14.0. The number of para-hydroxylation sites is 1. The molecule has 2 amide bonds. The van der Waals surface area contributed by atoms with Crippen molar-refractivity contribution >= 4 is 50.9 Å². The second-order valence-corrected chi connectivity index (χ2v) is 9.62. The van der Waals surface area contributed by atoms with Crippen LogP contribution in [0.25, 0.3) is 0 Å². The Kier molecular flexibility index (Phi) is 4.71. The average molecular weight is 479 g/mol. The Morgan fingerprint density at radius 3 is 2.40 bits per heavy atom. The van der Waals surface area contributed by atoms with E-state index in [0.717, 1.165) is 27.0 Å². The molecule has 1 spiro atoms. The molecule has 3 aromatic rings. The number of hydrogen-bond acceptors (Lipinski definition) is 3. The number of anilines is 2. The van der Waals surface area contributed by atoms with Crippen LogP contribution in [0.5, 0.6) is 0 Å². The Bertz CT molecular complexity index is 1150. The van der Waals surface area contributed by atoms with Gasteiger partial charge in [0.25, 0.3) is 5.91 Å². The average Bonchev–Trinajstić information content (AvgIpc) is 3.22. The molecule has 0 aliphatic carbocycles. The number of carbonyl (C=O) groups is 2. The van der Waals surface area contributed by atoms with E-state index in [2.05, 4.69) is 40.2 Å². The van der Waals surface area contributed by atoms with Gasteiger partial charge in [-0.3, -0.25) is 14.5 Å².